The monoisotopic (exact) mass is 1250 g/mol. The van der Waals surface area contributed by atoms with Crippen LogP contribution < -0.4 is 0 Å². The quantitative estimate of drug-likeness (QED) is 0.145. The van der Waals surface area contributed by atoms with E-state index in [0.29, 0.717) is 5.95 Å². The third-order valence-corrected chi connectivity index (χ3v) is 21.0. The van der Waals surface area contributed by atoms with Gasteiger partial charge in [0.1, 0.15) is 5.82 Å². The largest absolute Gasteiger partial charge is 0.316 e. The fourth-order valence-electron chi connectivity index (χ4n) is 16.8. The molecule has 0 N–H and O–H groups in total. The fraction of sp³-hybridized carbons (Fsp3) is 0.0110. The van der Waals surface area contributed by atoms with Crippen LogP contribution in [0.4, 0.5) is 0 Å². The highest BCUT2D eigenvalue weighted by atomic mass is 15.2. The normalized spacial score (nSPS) is 13.8. The molecule has 0 amide bonds. The second-order valence-corrected chi connectivity index (χ2v) is 26.1. The lowest BCUT2D eigenvalue weighted by molar-refractivity contribution is 0.725. The van der Waals surface area contributed by atoms with Gasteiger partial charge in [-0.15, -0.1) is 0 Å². The molecule has 1 aliphatic heterocycles. The van der Waals surface area contributed by atoms with Gasteiger partial charge in [0, 0.05) is 77.7 Å². The summed E-state index contributed by atoms with van der Waals surface area (Å²) in [6.07, 6.45) is 2.22. The summed E-state index contributed by atoms with van der Waals surface area (Å²) in [6, 6.07) is 125. The molecule has 1 aliphatic rings. The second-order valence-electron chi connectivity index (χ2n) is 26.1. The molecule has 14 aromatic carbocycles. The van der Waals surface area contributed by atoms with Crippen LogP contribution in [0.15, 0.2) is 346 Å². The Morgan fingerprint density at radius 3 is 1.18 bits per heavy atom. The highest BCUT2D eigenvalue weighted by Gasteiger charge is 2.44. The van der Waals surface area contributed by atoms with Gasteiger partial charge in [-0.1, -0.05) is 224 Å². The van der Waals surface area contributed by atoms with Crippen molar-refractivity contribution in [2.75, 3.05) is 0 Å². The average Bonchev–Trinajstić information content (AvgIpc) is 1.08. The van der Waals surface area contributed by atoms with Gasteiger partial charge < -0.3 is 13.7 Å². The molecule has 1 atom stereocenters. The van der Waals surface area contributed by atoms with Crippen LogP contribution in [0.25, 0.3) is 160 Å². The van der Waals surface area contributed by atoms with Crippen molar-refractivity contribution >= 4 is 98.1 Å². The molecule has 0 bridgehead atoms. The summed E-state index contributed by atoms with van der Waals surface area (Å²) >= 11 is 0. The van der Waals surface area contributed by atoms with Crippen molar-refractivity contribution in [3.05, 3.63) is 368 Å². The first-order valence-electron chi connectivity index (χ1n) is 33.6. The van der Waals surface area contributed by atoms with Crippen molar-refractivity contribution in [2.24, 2.45) is 0 Å². The second kappa shape index (κ2) is 20.9. The minimum atomic E-state index is -0.629. The minimum Gasteiger partial charge on any atom is -0.316 e. The SMILES string of the molecule is c1ccc(-n2c3ccccc3c3cc(-c4ccc5c(c4)c4ccccc4n5-c4cc(-c5ccc(C6(c7ccccc7)c7ccccc7-n7ccc8cccc6c87)cc5)nc(-n5c6ccccc6c6cc(-c7ccc8c(c7)c7ccccc7n8-c7ccccc7)ccc65)n4)ccc32)cc1. The Labute approximate surface area is 563 Å². The zero-order valence-electron chi connectivity index (χ0n) is 53.0. The maximum absolute atomic E-state index is 5.80. The molecule has 0 saturated heterocycles. The Balaban J connectivity index is 0.762. The predicted octanol–water partition coefficient (Wildman–Crippen LogP) is 22.5. The molecule has 7 heteroatoms. The molecule has 0 radical (unpaired) electrons. The summed E-state index contributed by atoms with van der Waals surface area (Å²) in [4.78, 5) is 11.5. The predicted molar refractivity (Wildman–Crippen MR) is 404 cm³/mol. The number of nitrogens with zero attached hydrogens (tertiary/aromatic N) is 7. The van der Waals surface area contributed by atoms with Crippen LogP contribution in [0, 0.1) is 0 Å². The van der Waals surface area contributed by atoms with Crippen LogP contribution in [0.3, 0.4) is 0 Å². The number of rotatable bonds is 9. The number of hydrogen-bond acceptors (Lipinski definition) is 2. The lowest BCUT2D eigenvalue weighted by Crippen LogP contribution is -2.35. The van der Waals surface area contributed by atoms with Crippen LogP contribution in [-0.2, 0) is 5.41 Å². The van der Waals surface area contributed by atoms with E-state index in [9.17, 15) is 0 Å². The van der Waals surface area contributed by atoms with Crippen LogP contribution in [0.5, 0.6) is 0 Å². The van der Waals surface area contributed by atoms with Gasteiger partial charge in [-0.3, -0.25) is 9.13 Å². The van der Waals surface area contributed by atoms with Crippen molar-refractivity contribution < 1.29 is 0 Å². The molecular weight excluding hydrogens is 1190 g/mol. The van der Waals surface area contributed by atoms with Gasteiger partial charge in [0.15, 0.2) is 0 Å². The van der Waals surface area contributed by atoms with Gasteiger partial charge in [0.2, 0.25) is 5.95 Å². The molecule has 456 valence electrons. The molecular formula is C91H57N7. The highest BCUT2D eigenvalue weighted by molar-refractivity contribution is 6.15. The molecule has 0 aliphatic carbocycles. The van der Waals surface area contributed by atoms with Crippen molar-refractivity contribution in [1.82, 2.24) is 32.8 Å². The molecule has 98 heavy (non-hydrogen) atoms. The minimum absolute atomic E-state index is 0.579. The molecule has 0 fully saturated rings. The lowest BCUT2D eigenvalue weighted by atomic mass is 9.63. The molecule has 7 nitrogen and oxygen atoms in total. The fourth-order valence-corrected chi connectivity index (χ4v) is 16.8. The molecule has 20 aromatic rings. The Hall–Kier alpha value is -13.1. The summed E-state index contributed by atoms with van der Waals surface area (Å²) in [5, 5.41) is 10.6. The Kier molecular flexibility index (Phi) is 11.6. The topological polar surface area (TPSA) is 50.4 Å². The Morgan fingerprint density at radius 1 is 0.255 bits per heavy atom. The summed E-state index contributed by atoms with van der Waals surface area (Å²) in [5.74, 6) is 1.35. The third-order valence-electron chi connectivity index (χ3n) is 21.0. The Bertz CT molecular complexity index is 6370. The molecule has 7 heterocycles. The van der Waals surface area contributed by atoms with Crippen molar-refractivity contribution in [3.63, 3.8) is 0 Å². The number of hydrogen-bond donors (Lipinski definition) is 0. The number of benzene rings is 14. The van der Waals surface area contributed by atoms with Crippen LogP contribution >= 0.6 is 0 Å². The number of aromatic nitrogens is 7. The third kappa shape index (κ3) is 7.81. The van der Waals surface area contributed by atoms with Gasteiger partial charge >= 0.3 is 0 Å². The van der Waals surface area contributed by atoms with E-state index in [1.807, 2.05) is 0 Å². The van der Waals surface area contributed by atoms with E-state index in [4.69, 9.17) is 9.97 Å². The van der Waals surface area contributed by atoms with Gasteiger partial charge in [0.05, 0.1) is 66.4 Å². The van der Waals surface area contributed by atoms with Crippen molar-refractivity contribution in [2.45, 2.75) is 5.41 Å². The van der Waals surface area contributed by atoms with Gasteiger partial charge in [0.25, 0.3) is 0 Å². The summed E-state index contributed by atoms with van der Waals surface area (Å²) in [5.41, 5.74) is 24.2. The Morgan fingerprint density at radius 2 is 0.653 bits per heavy atom. The maximum Gasteiger partial charge on any atom is 0.237 e. The molecule has 21 rings (SSSR count). The molecule has 0 saturated carbocycles. The van der Waals surface area contributed by atoms with E-state index in [0.717, 1.165) is 94.3 Å². The molecule has 1 unspecified atom stereocenters. The summed E-state index contributed by atoms with van der Waals surface area (Å²) in [6.45, 7) is 0. The summed E-state index contributed by atoms with van der Waals surface area (Å²) in [7, 11) is 0. The van der Waals surface area contributed by atoms with E-state index in [1.165, 1.54) is 82.5 Å². The van der Waals surface area contributed by atoms with Gasteiger partial charge in [-0.2, -0.15) is 4.98 Å². The zero-order chi connectivity index (χ0) is 64.2. The standard InChI is InChI=1S/C91H57N7/c1-4-22-64(23-5-1)91(76-32-14-19-38-87(76)94-52-51-59-21-20-33-77(91)89(59)94)65-45-39-58(40-46-65)78-57-88(97-81-36-17-12-30-70(81)74-55-62(43-49-85(74)97)60-41-47-83-72(53-60)68-28-10-15-34-79(68)95(83)66-24-6-2-7-25-66)93-90(92-78)98-82-37-18-13-31-71(82)75-56-63(44-50-86(75)98)61-42-48-84-73(54-61)69-29-11-16-35-80(69)96(84)67-26-8-3-9-27-67/h1-57H. The van der Waals surface area contributed by atoms with Crippen LogP contribution in [0.2, 0.25) is 0 Å². The highest BCUT2D eigenvalue weighted by Crippen LogP contribution is 2.53. The smallest absolute Gasteiger partial charge is 0.237 e. The lowest BCUT2D eigenvalue weighted by Gasteiger charge is -2.41. The van der Waals surface area contributed by atoms with Gasteiger partial charge in [-0.05, 0) is 154 Å². The van der Waals surface area contributed by atoms with E-state index in [-0.39, 0.29) is 0 Å². The van der Waals surface area contributed by atoms with E-state index < -0.39 is 5.41 Å². The number of fused-ring (bicyclic) bond motifs is 14. The van der Waals surface area contributed by atoms with E-state index in [2.05, 4.69) is 369 Å². The molecule has 0 spiro atoms. The first-order chi connectivity index (χ1) is 48.6. The van der Waals surface area contributed by atoms with E-state index in [1.54, 1.807) is 0 Å². The molecule has 6 aromatic heterocycles. The van der Waals surface area contributed by atoms with Gasteiger partial charge in [-0.25, -0.2) is 4.98 Å². The number of para-hydroxylation sites is 8. The zero-order valence-corrected chi connectivity index (χ0v) is 53.0. The van der Waals surface area contributed by atoms with Crippen LogP contribution in [-0.4, -0.2) is 32.8 Å². The van der Waals surface area contributed by atoms with Crippen LogP contribution in [0.1, 0.15) is 22.3 Å². The maximum atomic E-state index is 5.80. The van der Waals surface area contributed by atoms with Crippen molar-refractivity contribution in [1.29, 1.82) is 0 Å². The summed E-state index contributed by atoms with van der Waals surface area (Å²) < 4.78 is 11.8. The van der Waals surface area contributed by atoms with Crippen molar-refractivity contribution in [3.8, 4) is 62.3 Å². The first-order valence-corrected chi connectivity index (χ1v) is 33.6. The first kappa shape index (κ1) is 54.3. The average molecular weight is 1250 g/mol. The van der Waals surface area contributed by atoms with E-state index >= 15 is 0 Å².